The maximum absolute atomic E-state index is 14.4. The predicted octanol–water partition coefficient (Wildman–Crippen LogP) is 4.68. The minimum Gasteiger partial charge on any atom is -0.424 e. The molecule has 29 heavy (non-hydrogen) atoms. The first-order chi connectivity index (χ1) is 13.9. The van der Waals surface area contributed by atoms with Crippen molar-refractivity contribution in [3.05, 3.63) is 69.4 Å². The van der Waals surface area contributed by atoms with E-state index in [2.05, 4.69) is 35.0 Å². The third-order valence-corrected chi connectivity index (χ3v) is 5.56. The topological polar surface area (TPSA) is 60.0 Å². The molecule has 0 aliphatic carbocycles. The van der Waals surface area contributed by atoms with Gasteiger partial charge in [0.05, 0.1) is 12.2 Å². The lowest BCUT2D eigenvalue weighted by atomic mass is 10.1. The van der Waals surface area contributed by atoms with Crippen molar-refractivity contribution >= 4 is 11.3 Å². The van der Waals surface area contributed by atoms with E-state index >= 15 is 0 Å². The summed E-state index contributed by atoms with van der Waals surface area (Å²) in [5, 5.41) is 12.7. The second kappa shape index (κ2) is 7.88. The van der Waals surface area contributed by atoms with Gasteiger partial charge in [-0.15, -0.1) is 21.5 Å². The van der Waals surface area contributed by atoms with Crippen LogP contribution < -0.4 is 0 Å². The maximum atomic E-state index is 14.4. The van der Waals surface area contributed by atoms with E-state index in [0.29, 0.717) is 30.6 Å². The summed E-state index contributed by atoms with van der Waals surface area (Å²) in [5.41, 5.74) is 3.39. The standard InChI is InChI=1S/C21H22FN5OS/c1-13-9-17(14(2)29-13)21-16(10-26(4)12-20-24-23-15(3)28-20)11-27(25-21)19-8-6-5-7-18(19)22/h5-9,11H,10,12H2,1-4H3. The molecule has 1 aromatic carbocycles. The van der Waals surface area contributed by atoms with Crippen molar-refractivity contribution in [2.24, 2.45) is 0 Å². The molecule has 0 saturated heterocycles. The van der Waals surface area contributed by atoms with Crippen molar-refractivity contribution < 1.29 is 8.81 Å². The summed E-state index contributed by atoms with van der Waals surface area (Å²) in [6.45, 7) is 7.07. The number of halogens is 1. The van der Waals surface area contributed by atoms with Crippen LogP contribution in [0.25, 0.3) is 16.9 Å². The van der Waals surface area contributed by atoms with Crippen molar-refractivity contribution in [1.82, 2.24) is 24.9 Å². The highest BCUT2D eigenvalue weighted by Gasteiger charge is 2.19. The summed E-state index contributed by atoms with van der Waals surface area (Å²) in [6.07, 6.45) is 1.90. The Bertz CT molecular complexity index is 1150. The van der Waals surface area contributed by atoms with Crippen molar-refractivity contribution in [3.8, 4) is 16.9 Å². The van der Waals surface area contributed by atoms with Crippen LogP contribution in [0.3, 0.4) is 0 Å². The summed E-state index contributed by atoms with van der Waals surface area (Å²) < 4.78 is 21.5. The van der Waals surface area contributed by atoms with E-state index in [1.807, 2.05) is 19.3 Å². The van der Waals surface area contributed by atoms with Crippen LogP contribution in [0, 0.1) is 26.6 Å². The molecule has 4 rings (SSSR count). The zero-order valence-electron chi connectivity index (χ0n) is 16.8. The molecule has 0 aliphatic rings. The number of thiophene rings is 1. The normalized spacial score (nSPS) is 11.5. The molecule has 0 aliphatic heterocycles. The number of aryl methyl sites for hydroxylation is 3. The molecule has 8 heteroatoms. The van der Waals surface area contributed by atoms with Gasteiger partial charge >= 0.3 is 0 Å². The molecule has 0 atom stereocenters. The number of hydrogen-bond acceptors (Lipinski definition) is 6. The quantitative estimate of drug-likeness (QED) is 0.461. The van der Waals surface area contributed by atoms with E-state index in [4.69, 9.17) is 9.52 Å². The van der Waals surface area contributed by atoms with Crippen molar-refractivity contribution in [3.63, 3.8) is 0 Å². The number of hydrogen-bond donors (Lipinski definition) is 0. The number of nitrogens with zero attached hydrogens (tertiary/aromatic N) is 5. The Kier molecular flexibility index (Phi) is 5.29. The molecule has 4 aromatic rings. The van der Waals surface area contributed by atoms with Gasteiger partial charge in [-0.05, 0) is 39.1 Å². The van der Waals surface area contributed by atoms with Gasteiger partial charge in [-0.25, -0.2) is 9.07 Å². The van der Waals surface area contributed by atoms with E-state index in [1.165, 1.54) is 15.8 Å². The van der Waals surface area contributed by atoms with Gasteiger partial charge in [0.25, 0.3) is 0 Å². The number of aromatic nitrogens is 4. The maximum Gasteiger partial charge on any atom is 0.230 e. The van der Waals surface area contributed by atoms with Gasteiger partial charge in [0.15, 0.2) is 0 Å². The lowest BCUT2D eigenvalue weighted by Gasteiger charge is -2.14. The fourth-order valence-corrected chi connectivity index (χ4v) is 4.28. The number of benzene rings is 1. The molecular weight excluding hydrogens is 389 g/mol. The minimum absolute atomic E-state index is 0.305. The Morgan fingerprint density at radius 2 is 1.93 bits per heavy atom. The summed E-state index contributed by atoms with van der Waals surface area (Å²) in [7, 11) is 1.98. The average Bonchev–Trinajstić information content (AvgIpc) is 3.34. The average molecular weight is 412 g/mol. The van der Waals surface area contributed by atoms with Gasteiger partial charge in [0, 0.05) is 40.5 Å². The smallest absolute Gasteiger partial charge is 0.230 e. The van der Waals surface area contributed by atoms with Gasteiger partial charge in [0.2, 0.25) is 11.8 Å². The molecule has 3 aromatic heterocycles. The highest BCUT2D eigenvalue weighted by atomic mass is 32.1. The molecule has 0 spiro atoms. The highest BCUT2D eigenvalue weighted by Crippen LogP contribution is 2.33. The third-order valence-electron chi connectivity index (χ3n) is 4.60. The van der Waals surface area contributed by atoms with Crippen LogP contribution in [0.1, 0.15) is 27.1 Å². The lowest BCUT2D eigenvalue weighted by Crippen LogP contribution is -2.17. The molecule has 3 heterocycles. The van der Waals surface area contributed by atoms with E-state index in [1.54, 1.807) is 35.1 Å². The van der Waals surface area contributed by atoms with Gasteiger partial charge in [-0.1, -0.05) is 12.1 Å². The zero-order valence-corrected chi connectivity index (χ0v) is 17.6. The van der Waals surface area contributed by atoms with E-state index in [-0.39, 0.29) is 5.82 Å². The minimum atomic E-state index is -0.305. The number of rotatable bonds is 6. The number of para-hydroxylation sites is 1. The summed E-state index contributed by atoms with van der Waals surface area (Å²) in [6, 6.07) is 8.80. The van der Waals surface area contributed by atoms with E-state index in [0.717, 1.165) is 16.8 Å². The van der Waals surface area contributed by atoms with Crippen molar-refractivity contribution in [1.29, 1.82) is 0 Å². The molecule has 0 radical (unpaired) electrons. The molecular formula is C21H22FN5OS. The molecule has 150 valence electrons. The highest BCUT2D eigenvalue weighted by molar-refractivity contribution is 7.12. The fraction of sp³-hybridized carbons (Fsp3) is 0.286. The van der Waals surface area contributed by atoms with Gasteiger partial charge in [-0.2, -0.15) is 5.10 Å². The van der Waals surface area contributed by atoms with Crippen molar-refractivity contribution in [2.45, 2.75) is 33.9 Å². The third kappa shape index (κ3) is 4.13. The first-order valence-corrected chi connectivity index (χ1v) is 10.1. The Morgan fingerprint density at radius 3 is 2.59 bits per heavy atom. The van der Waals surface area contributed by atoms with Gasteiger partial charge in [-0.3, -0.25) is 4.90 Å². The second-order valence-corrected chi connectivity index (χ2v) is 8.57. The molecule has 0 bridgehead atoms. The predicted molar refractivity (Wildman–Crippen MR) is 111 cm³/mol. The molecule has 0 fully saturated rings. The van der Waals surface area contributed by atoms with Crippen molar-refractivity contribution in [2.75, 3.05) is 7.05 Å². The molecule has 0 N–H and O–H groups in total. The van der Waals surface area contributed by atoms with Crippen LogP contribution >= 0.6 is 11.3 Å². The van der Waals surface area contributed by atoms with Crippen LogP contribution in [-0.4, -0.2) is 31.9 Å². The summed E-state index contributed by atoms with van der Waals surface area (Å²) in [5.74, 6) is 0.808. The van der Waals surface area contributed by atoms with Crippen LogP contribution in [0.4, 0.5) is 4.39 Å². The Hall–Kier alpha value is -2.84. The molecule has 0 amide bonds. The lowest BCUT2D eigenvalue weighted by molar-refractivity contribution is 0.279. The Morgan fingerprint density at radius 1 is 1.14 bits per heavy atom. The Balaban J connectivity index is 1.71. The largest absolute Gasteiger partial charge is 0.424 e. The zero-order chi connectivity index (χ0) is 20.5. The monoisotopic (exact) mass is 411 g/mol. The first-order valence-electron chi connectivity index (χ1n) is 9.29. The van der Waals surface area contributed by atoms with E-state index < -0.39 is 0 Å². The Labute approximate surface area is 172 Å². The SMILES string of the molecule is Cc1nnc(CN(C)Cc2cn(-c3ccccc3F)nc2-c2cc(C)sc2C)o1. The molecule has 0 unspecified atom stereocenters. The van der Waals surface area contributed by atoms with Crippen LogP contribution in [-0.2, 0) is 13.1 Å². The van der Waals surface area contributed by atoms with Crippen LogP contribution in [0.2, 0.25) is 0 Å². The fourth-order valence-electron chi connectivity index (χ4n) is 3.36. The van der Waals surface area contributed by atoms with E-state index in [9.17, 15) is 4.39 Å². The van der Waals surface area contributed by atoms with Crippen LogP contribution in [0.5, 0.6) is 0 Å². The second-order valence-electron chi connectivity index (χ2n) is 7.11. The molecule has 0 saturated carbocycles. The first kappa shape index (κ1) is 19.5. The van der Waals surface area contributed by atoms with Gasteiger partial charge in [0.1, 0.15) is 11.5 Å². The summed E-state index contributed by atoms with van der Waals surface area (Å²) in [4.78, 5) is 4.49. The molecule has 6 nitrogen and oxygen atoms in total. The van der Waals surface area contributed by atoms with Crippen LogP contribution in [0.15, 0.2) is 40.9 Å². The van der Waals surface area contributed by atoms with Gasteiger partial charge < -0.3 is 4.42 Å². The summed E-state index contributed by atoms with van der Waals surface area (Å²) >= 11 is 1.74.